The highest BCUT2D eigenvalue weighted by Crippen LogP contribution is 2.22. The van der Waals surface area contributed by atoms with Crippen LogP contribution in [-0.4, -0.2) is 13.6 Å². The molecule has 13 heavy (non-hydrogen) atoms. The molecule has 1 aromatic carbocycles. The van der Waals surface area contributed by atoms with Gasteiger partial charge in [0.25, 0.3) is 0 Å². The van der Waals surface area contributed by atoms with Gasteiger partial charge in [0.1, 0.15) is 0 Å². The van der Waals surface area contributed by atoms with Gasteiger partial charge in [-0.05, 0) is 37.1 Å². The van der Waals surface area contributed by atoms with Crippen molar-refractivity contribution in [3.63, 3.8) is 0 Å². The number of nitrogens with one attached hydrogen (secondary N) is 2. The summed E-state index contributed by atoms with van der Waals surface area (Å²) >= 11 is 0. The smallest absolute Gasteiger partial charge is 0.0375 e. The molecule has 0 atom stereocenters. The first-order chi connectivity index (χ1) is 6.40. The van der Waals surface area contributed by atoms with E-state index >= 15 is 0 Å². The molecule has 1 heterocycles. The Bertz CT molecular complexity index is 294. The molecule has 1 aromatic rings. The molecule has 0 unspecified atom stereocenters. The van der Waals surface area contributed by atoms with E-state index in [9.17, 15) is 0 Å². The van der Waals surface area contributed by atoms with Crippen LogP contribution >= 0.6 is 0 Å². The van der Waals surface area contributed by atoms with Gasteiger partial charge in [-0.1, -0.05) is 12.1 Å². The minimum atomic E-state index is 0.953. The first-order valence-electron chi connectivity index (χ1n) is 4.90. The predicted molar refractivity (Wildman–Crippen MR) is 56.0 cm³/mol. The fraction of sp³-hybridized carbons (Fsp3) is 0.455. The topological polar surface area (TPSA) is 24.1 Å². The number of aryl methyl sites for hydroxylation is 1. The van der Waals surface area contributed by atoms with Crippen molar-refractivity contribution >= 4 is 5.69 Å². The first kappa shape index (κ1) is 8.57. The maximum absolute atomic E-state index is 3.43. The van der Waals surface area contributed by atoms with Crippen molar-refractivity contribution < 1.29 is 0 Å². The van der Waals surface area contributed by atoms with Gasteiger partial charge in [-0.25, -0.2) is 0 Å². The third kappa shape index (κ3) is 1.83. The highest BCUT2D eigenvalue weighted by atomic mass is 14.9. The third-order valence-electron chi connectivity index (χ3n) is 2.49. The van der Waals surface area contributed by atoms with Crippen molar-refractivity contribution in [2.24, 2.45) is 0 Å². The molecule has 2 nitrogen and oxygen atoms in total. The summed E-state index contributed by atoms with van der Waals surface area (Å²) in [5, 5.41) is 6.60. The van der Waals surface area contributed by atoms with Crippen molar-refractivity contribution in [1.82, 2.24) is 5.32 Å². The number of rotatable bonds is 2. The zero-order chi connectivity index (χ0) is 9.10. The summed E-state index contributed by atoms with van der Waals surface area (Å²) in [7, 11) is 1.98. The molecule has 0 saturated carbocycles. The average Bonchev–Trinajstić information content (AvgIpc) is 2.18. The molecular weight excluding hydrogens is 160 g/mol. The van der Waals surface area contributed by atoms with Crippen molar-refractivity contribution in [3.8, 4) is 0 Å². The largest absolute Gasteiger partial charge is 0.385 e. The lowest BCUT2D eigenvalue weighted by Gasteiger charge is -2.18. The second-order valence-corrected chi connectivity index (χ2v) is 3.55. The van der Waals surface area contributed by atoms with Gasteiger partial charge in [0, 0.05) is 18.8 Å². The first-order valence-corrected chi connectivity index (χ1v) is 4.90. The minimum Gasteiger partial charge on any atom is -0.385 e. The molecule has 0 amide bonds. The highest BCUT2D eigenvalue weighted by Gasteiger charge is 2.07. The molecule has 0 aliphatic carbocycles. The molecule has 0 fully saturated rings. The van der Waals surface area contributed by atoms with Gasteiger partial charge >= 0.3 is 0 Å². The van der Waals surface area contributed by atoms with Crippen LogP contribution in [-0.2, 0) is 13.0 Å². The molecule has 0 bridgehead atoms. The summed E-state index contributed by atoms with van der Waals surface area (Å²) in [5.41, 5.74) is 4.15. The molecule has 0 saturated heterocycles. The second kappa shape index (κ2) is 3.79. The zero-order valence-corrected chi connectivity index (χ0v) is 8.06. The second-order valence-electron chi connectivity index (χ2n) is 3.55. The van der Waals surface area contributed by atoms with Crippen LogP contribution < -0.4 is 10.6 Å². The van der Waals surface area contributed by atoms with E-state index in [4.69, 9.17) is 0 Å². The Labute approximate surface area is 79.4 Å². The van der Waals surface area contributed by atoms with Crippen LogP contribution in [0.15, 0.2) is 18.2 Å². The van der Waals surface area contributed by atoms with Crippen LogP contribution in [0.2, 0.25) is 0 Å². The van der Waals surface area contributed by atoms with Crippen molar-refractivity contribution in [2.75, 3.05) is 18.9 Å². The quantitative estimate of drug-likeness (QED) is 0.717. The maximum atomic E-state index is 3.43. The maximum Gasteiger partial charge on any atom is 0.0375 e. The van der Waals surface area contributed by atoms with E-state index in [-0.39, 0.29) is 0 Å². The lowest BCUT2D eigenvalue weighted by molar-refractivity contribution is 0.805. The SMILES string of the molecule is CNCc1ccc2c(c1)NCCC2. The summed E-state index contributed by atoms with van der Waals surface area (Å²) in [6.07, 6.45) is 2.49. The lowest BCUT2D eigenvalue weighted by Crippen LogP contribution is -2.13. The van der Waals surface area contributed by atoms with Crippen LogP contribution in [0.1, 0.15) is 17.5 Å². The minimum absolute atomic E-state index is 0.953. The summed E-state index contributed by atoms with van der Waals surface area (Å²) in [6, 6.07) is 6.71. The zero-order valence-electron chi connectivity index (χ0n) is 8.06. The van der Waals surface area contributed by atoms with E-state index in [1.807, 2.05) is 7.05 Å². The Hall–Kier alpha value is -1.02. The number of hydrogen-bond donors (Lipinski definition) is 2. The summed E-state index contributed by atoms with van der Waals surface area (Å²) < 4.78 is 0. The van der Waals surface area contributed by atoms with Gasteiger partial charge in [0.15, 0.2) is 0 Å². The molecule has 0 radical (unpaired) electrons. The van der Waals surface area contributed by atoms with Crippen molar-refractivity contribution in [2.45, 2.75) is 19.4 Å². The molecule has 2 N–H and O–H groups in total. The van der Waals surface area contributed by atoms with Crippen LogP contribution in [0.25, 0.3) is 0 Å². The van der Waals surface area contributed by atoms with Gasteiger partial charge in [-0.3, -0.25) is 0 Å². The standard InChI is InChI=1S/C11H16N2/c1-12-8-9-4-5-10-3-2-6-13-11(10)7-9/h4-5,7,12-13H,2-3,6,8H2,1H3. The van der Waals surface area contributed by atoms with E-state index < -0.39 is 0 Å². The monoisotopic (exact) mass is 176 g/mol. The Morgan fingerprint density at radius 2 is 2.38 bits per heavy atom. The number of hydrogen-bond acceptors (Lipinski definition) is 2. The van der Waals surface area contributed by atoms with Crippen molar-refractivity contribution in [1.29, 1.82) is 0 Å². The molecule has 0 aromatic heterocycles. The van der Waals surface area contributed by atoms with Crippen LogP contribution in [0, 0.1) is 0 Å². The van der Waals surface area contributed by atoms with Gasteiger partial charge < -0.3 is 10.6 Å². The predicted octanol–water partition coefficient (Wildman–Crippen LogP) is 1.76. The van der Waals surface area contributed by atoms with Crippen LogP contribution in [0.3, 0.4) is 0 Å². The molecule has 1 aliphatic rings. The Morgan fingerprint density at radius 3 is 3.23 bits per heavy atom. The molecule has 2 heteroatoms. The van der Waals surface area contributed by atoms with E-state index in [1.54, 1.807) is 0 Å². The molecule has 70 valence electrons. The molecule has 2 rings (SSSR count). The van der Waals surface area contributed by atoms with Crippen molar-refractivity contribution in [3.05, 3.63) is 29.3 Å². The number of anilines is 1. The Balaban J connectivity index is 2.24. The molecule has 1 aliphatic heterocycles. The summed E-state index contributed by atoms with van der Waals surface area (Å²) in [5.74, 6) is 0. The third-order valence-corrected chi connectivity index (χ3v) is 2.49. The number of benzene rings is 1. The fourth-order valence-electron chi connectivity index (χ4n) is 1.82. The summed E-state index contributed by atoms with van der Waals surface area (Å²) in [6.45, 7) is 2.07. The van der Waals surface area contributed by atoms with E-state index in [0.717, 1.165) is 13.1 Å². The Morgan fingerprint density at radius 1 is 1.46 bits per heavy atom. The van der Waals surface area contributed by atoms with Crippen LogP contribution in [0.4, 0.5) is 5.69 Å². The van der Waals surface area contributed by atoms with Gasteiger partial charge in [0.05, 0.1) is 0 Å². The fourth-order valence-corrected chi connectivity index (χ4v) is 1.82. The molecule has 0 spiro atoms. The number of fused-ring (bicyclic) bond motifs is 1. The van der Waals surface area contributed by atoms with Gasteiger partial charge in [0.2, 0.25) is 0 Å². The van der Waals surface area contributed by atoms with E-state index in [0.29, 0.717) is 0 Å². The normalized spacial score (nSPS) is 14.8. The van der Waals surface area contributed by atoms with Gasteiger partial charge in [-0.2, -0.15) is 0 Å². The molecular formula is C11H16N2. The summed E-state index contributed by atoms with van der Waals surface area (Å²) in [4.78, 5) is 0. The Kier molecular flexibility index (Phi) is 2.50. The van der Waals surface area contributed by atoms with E-state index in [1.165, 1.54) is 29.7 Å². The van der Waals surface area contributed by atoms with Crippen LogP contribution in [0.5, 0.6) is 0 Å². The van der Waals surface area contributed by atoms with Gasteiger partial charge in [-0.15, -0.1) is 0 Å². The highest BCUT2D eigenvalue weighted by molar-refractivity contribution is 5.54. The average molecular weight is 176 g/mol. The lowest BCUT2D eigenvalue weighted by atomic mass is 10.0. The van der Waals surface area contributed by atoms with E-state index in [2.05, 4.69) is 28.8 Å².